The molecular formula is C28H27ClN6O2. The SMILES string of the molecule is O=C(Nc1ccc(C2=NCCCN2)cc1)c1ccc(C(=O)Nc2ccc(C3=NCCCN3)cc2)c(Cl)c1. The number of carbonyl (C=O) groups is 2. The number of halogens is 1. The van der Waals surface area contributed by atoms with Gasteiger partial charge in [-0.2, -0.15) is 0 Å². The van der Waals surface area contributed by atoms with Crippen LogP contribution in [0.15, 0.2) is 76.7 Å². The summed E-state index contributed by atoms with van der Waals surface area (Å²) in [6, 6.07) is 19.6. The highest BCUT2D eigenvalue weighted by molar-refractivity contribution is 6.35. The molecule has 9 heteroatoms. The second kappa shape index (κ2) is 11.3. The van der Waals surface area contributed by atoms with Crippen LogP contribution in [0, 0.1) is 0 Å². The van der Waals surface area contributed by atoms with Crippen molar-refractivity contribution in [2.75, 3.05) is 36.8 Å². The van der Waals surface area contributed by atoms with Crippen LogP contribution in [0.1, 0.15) is 44.7 Å². The molecular weight excluding hydrogens is 488 g/mol. The third-order valence-electron chi connectivity index (χ3n) is 6.10. The number of carbonyl (C=O) groups excluding carboxylic acids is 2. The lowest BCUT2D eigenvalue weighted by molar-refractivity contribution is 0.101. The lowest BCUT2D eigenvalue weighted by atomic mass is 10.1. The molecule has 3 aromatic rings. The summed E-state index contributed by atoms with van der Waals surface area (Å²) in [4.78, 5) is 34.5. The molecule has 0 saturated heterocycles. The van der Waals surface area contributed by atoms with Crippen molar-refractivity contribution in [2.45, 2.75) is 12.8 Å². The summed E-state index contributed by atoms with van der Waals surface area (Å²) in [5.74, 6) is 1.07. The fourth-order valence-corrected chi connectivity index (χ4v) is 4.38. The molecule has 2 heterocycles. The summed E-state index contributed by atoms with van der Waals surface area (Å²) in [5.41, 5.74) is 3.88. The van der Waals surface area contributed by atoms with Crippen LogP contribution in [0.3, 0.4) is 0 Å². The van der Waals surface area contributed by atoms with Crippen LogP contribution in [0.5, 0.6) is 0 Å². The van der Waals surface area contributed by atoms with Crippen LogP contribution in [-0.2, 0) is 0 Å². The maximum absolute atomic E-state index is 12.8. The molecule has 37 heavy (non-hydrogen) atoms. The molecule has 0 bridgehead atoms. The highest BCUT2D eigenvalue weighted by atomic mass is 35.5. The number of nitrogens with zero attached hydrogens (tertiary/aromatic N) is 2. The van der Waals surface area contributed by atoms with Gasteiger partial charge in [-0.3, -0.25) is 19.6 Å². The van der Waals surface area contributed by atoms with Crippen molar-refractivity contribution in [1.29, 1.82) is 0 Å². The Kier molecular flexibility index (Phi) is 7.46. The predicted octanol–water partition coefficient (Wildman–Crippen LogP) is 4.32. The van der Waals surface area contributed by atoms with Gasteiger partial charge in [0.1, 0.15) is 11.7 Å². The van der Waals surface area contributed by atoms with E-state index >= 15 is 0 Å². The molecule has 2 aliphatic heterocycles. The molecule has 0 aliphatic carbocycles. The van der Waals surface area contributed by atoms with Crippen LogP contribution in [0.4, 0.5) is 11.4 Å². The minimum Gasteiger partial charge on any atom is -0.370 e. The first-order valence-electron chi connectivity index (χ1n) is 12.3. The Balaban J connectivity index is 1.21. The molecule has 0 fully saturated rings. The Morgan fingerprint density at radius 1 is 0.703 bits per heavy atom. The zero-order chi connectivity index (χ0) is 25.6. The maximum Gasteiger partial charge on any atom is 0.257 e. The van der Waals surface area contributed by atoms with Crippen LogP contribution in [0.2, 0.25) is 5.02 Å². The van der Waals surface area contributed by atoms with E-state index in [0.717, 1.165) is 61.8 Å². The maximum atomic E-state index is 12.8. The molecule has 0 aromatic heterocycles. The van der Waals surface area contributed by atoms with Crippen molar-refractivity contribution in [2.24, 2.45) is 9.98 Å². The summed E-state index contributed by atoms with van der Waals surface area (Å²) in [7, 11) is 0. The van der Waals surface area contributed by atoms with E-state index in [9.17, 15) is 9.59 Å². The van der Waals surface area contributed by atoms with Gasteiger partial charge in [0.05, 0.1) is 10.6 Å². The Morgan fingerprint density at radius 3 is 1.68 bits per heavy atom. The number of hydrogen-bond donors (Lipinski definition) is 4. The van der Waals surface area contributed by atoms with Gasteiger partial charge < -0.3 is 21.3 Å². The minimum absolute atomic E-state index is 0.194. The van der Waals surface area contributed by atoms with Gasteiger partial charge in [-0.1, -0.05) is 11.6 Å². The van der Waals surface area contributed by atoms with Crippen LogP contribution in [0.25, 0.3) is 0 Å². The highest BCUT2D eigenvalue weighted by Crippen LogP contribution is 2.21. The van der Waals surface area contributed by atoms with Gasteiger partial charge in [0.2, 0.25) is 0 Å². The standard InChI is InChI=1S/C28H27ClN6O2/c29-24-17-20(27(36)34-21-8-3-18(4-9-21)25-30-13-1-14-31-25)7-12-23(24)28(37)35-22-10-5-19(6-11-22)26-32-15-2-16-33-26/h3-12,17H,1-2,13-16H2,(H,30,31)(H,32,33)(H,34,36)(H,35,37). The van der Waals surface area contributed by atoms with Gasteiger partial charge in [0.25, 0.3) is 11.8 Å². The quantitative estimate of drug-likeness (QED) is 0.393. The van der Waals surface area contributed by atoms with Gasteiger partial charge in [0.15, 0.2) is 0 Å². The normalized spacial score (nSPS) is 14.9. The second-order valence-electron chi connectivity index (χ2n) is 8.78. The fourth-order valence-electron chi connectivity index (χ4n) is 4.12. The molecule has 2 aliphatic rings. The van der Waals surface area contributed by atoms with E-state index in [2.05, 4.69) is 31.3 Å². The van der Waals surface area contributed by atoms with E-state index < -0.39 is 0 Å². The molecule has 0 unspecified atom stereocenters. The first kappa shape index (κ1) is 24.5. The fraction of sp³-hybridized carbons (Fsp3) is 0.214. The molecule has 4 N–H and O–H groups in total. The van der Waals surface area contributed by atoms with Gasteiger partial charge in [0, 0.05) is 54.2 Å². The predicted molar refractivity (Wildman–Crippen MR) is 148 cm³/mol. The van der Waals surface area contributed by atoms with E-state index in [-0.39, 0.29) is 22.4 Å². The number of anilines is 2. The second-order valence-corrected chi connectivity index (χ2v) is 9.19. The summed E-state index contributed by atoms with van der Waals surface area (Å²) in [6.07, 6.45) is 2.06. The number of aliphatic imine (C=N–C) groups is 2. The third-order valence-corrected chi connectivity index (χ3v) is 6.42. The lowest BCUT2D eigenvalue weighted by Crippen LogP contribution is -2.30. The number of rotatable bonds is 6. The molecule has 0 atom stereocenters. The van der Waals surface area contributed by atoms with E-state index in [0.29, 0.717) is 16.9 Å². The summed E-state index contributed by atoms with van der Waals surface area (Å²) in [5, 5.41) is 12.5. The van der Waals surface area contributed by atoms with E-state index in [1.165, 1.54) is 6.07 Å². The van der Waals surface area contributed by atoms with Gasteiger partial charge in [-0.25, -0.2) is 0 Å². The van der Waals surface area contributed by atoms with Crippen LogP contribution >= 0.6 is 11.6 Å². The van der Waals surface area contributed by atoms with Crippen molar-refractivity contribution in [1.82, 2.24) is 10.6 Å². The first-order chi connectivity index (χ1) is 18.1. The third kappa shape index (κ3) is 5.98. The van der Waals surface area contributed by atoms with Gasteiger partial charge >= 0.3 is 0 Å². The summed E-state index contributed by atoms with van der Waals surface area (Å²) in [6.45, 7) is 3.44. The molecule has 2 amide bonds. The molecule has 8 nitrogen and oxygen atoms in total. The largest absolute Gasteiger partial charge is 0.370 e. The van der Waals surface area contributed by atoms with E-state index in [4.69, 9.17) is 11.6 Å². The number of benzene rings is 3. The molecule has 0 radical (unpaired) electrons. The molecule has 0 saturated carbocycles. The van der Waals surface area contributed by atoms with E-state index in [1.54, 1.807) is 12.1 Å². The Bertz CT molecular complexity index is 1370. The average Bonchev–Trinajstić information content (AvgIpc) is 2.94. The molecule has 3 aromatic carbocycles. The molecule has 188 valence electrons. The van der Waals surface area contributed by atoms with Crippen molar-refractivity contribution >= 4 is 46.5 Å². The van der Waals surface area contributed by atoms with Crippen LogP contribution in [-0.4, -0.2) is 49.7 Å². The van der Waals surface area contributed by atoms with Crippen molar-refractivity contribution < 1.29 is 9.59 Å². The minimum atomic E-state index is -0.354. The lowest BCUT2D eigenvalue weighted by Gasteiger charge is -2.15. The van der Waals surface area contributed by atoms with Crippen molar-refractivity contribution in [3.63, 3.8) is 0 Å². The zero-order valence-electron chi connectivity index (χ0n) is 20.2. The monoisotopic (exact) mass is 514 g/mol. The van der Waals surface area contributed by atoms with Crippen molar-refractivity contribution in [3.8, 4) is 0 Å². The average molecular weight is 515 g/mol. The van der Waals surface area contributed by atoms with Gasteiger partial charge in [-0.05, 0) is 79.6 Å². The molecule has 0 spiro atoms. The smallest absolute Gasteiger partial charge is 0.257 e. The van der Waals surface area contributed by atoms with Gasteiger partial charge in [-0.15, -0.1) is 0 Å². The van der Waals surface area contributed by atoms with Crippen LogP contribution < -0.4 is 21.3 Å². The number of amidine groups is 2. The Labute approximate surface area is 220 Å². The van der Waals surface area contributed by atoms with E-state index in [1.807, 2.05) is 48.5 Å². The first-order valence-corrected chi connectivity index (χ1v) is 12.6. The Hall–Kier alpha value is -4.17. The Morgan fingerprint density at radius 2 is 1.22 bits per heavy atom. The van der Waals surface area contributed by atoms with Crippen molar-refractivity contribution in [3.05, 3.63) is 94.0 Å². The summed E-state index contributed by atoms with van der Waals surface area (Å²) >= 11 is 6.39. The molecule has 5 rings (SSSR count). The summed E-state index contributed by atoms with van der Waals surface area (Å²) < 4.78 is 0. The number of nitrogens with one attached hydrogen (secondary N) is 4. The zero-order valence-corrected chi connectivity index (χ0v) is 20.9. The number of amides is 2. The highest BCUT2D eigenvalue weighted by Gasteiger charge is 2.15. The topological polar surface area (TPSA) is 107 Å². The number of hydrogen-bond acceptors (Lipinski definition) is 6.